The fourth-order valence-electron chi connectivity index (χ4n) is 3.79. The molecule has 5 aromatic rings. The Morgan fingerprint density at radius 3 is 2.18 bits per heavy atom. The van der Waals surface area contributed by atoms with Crippen molar-refractivity contribution in [3.8, 4) is 16.9 Å². The number of aliphatic imine (C=N–C) groups is 1. The maximum absolute atomic E-state index is 13.5. The zero-order chi connectivity index (χ0) is 22.6. The number of nitrogens with zero attached hydrogens (tertiary/aromatic N) is 5. The van der Waals surface area contributed by atoms with Gasteiger partial charge < -0.3 is 4.57 Å². The van der Waals surface area contributed by atoms with Crippen molar-refractivity contribution in [2.24, 2.45) is 4.99 Å². The Labute approximate surface area is 190 Å². The highest BCUT2D eigenvalue weighted by Crippen LogP contribution is 2.23. The van der Waals surface area contributed by atoms with E-state index in [1.165, 1.54) is 0 Å². The molecule has 33 heavy (non-hydrogen) atoms. The minimum absolute atomic E-state index is 0.134. The van der Waals surface area contributed by atoms with Crippen LogP contribution in [0.2, 0.25) is 0 Å². The number of H-pyrrole nitrogens is 1. The average Bonchev–Trinajstić information content (AvgIpc) is 3.49. The molecule has 1 N–H and O–H groups in total. The van der Waals surface area contributed by atoms with Crippen molar-refractivity contribution < 1.29 is 0 Å². The third-order valence-corrected chi connectivity index (χ3v) is 5.39. The molecule has 0 aliphatic carbocycles. The SMILES string of the molecule is CC(=Nc1ccc(Cn2cnnc2)cc1)c1c(-c2ccccc2)[nH]n(-c2ccccc2)c1=O. The normalized spacial score (nSPS) is 11.6. The minimum Gasteiger partial charge on any atom is -0.316 e. The maximum Gasteiger partial charge on any atom is 0.280 e. The monoisotopic (exact) mass is 434 g/mol. The van der Waals surface area contributed by atoms with Gasteiger partial charge in [-0.1, -0.05) is 60.7 Å². The van der Waals surface area contributed by atoms with E-state index < -0.39 is 0 Å². The lowest BCUT2D eigenvalue weighted by Gasteiger charge is -2.04. The largest absolute Gasteiger partial charge is 0.316 e. The Balaban J connectivity index is 1.54. The number of benzene rings is 3. The number of hydrogen-bond acceptors (Lipinski definition) is 4. The van der Waals surface area contributed by atoms with Crippen molar-refractivity contribution in [2.45, 2.75) is 13.5 Å². The average molecular weight is 435 g/mol. The Bertz CT molecular complexity index is 1430. The van der Waals surface area contributed by atoms with Crippen LogP contribution in [-0.4, -0.2) is 30.3 Å². The first-order valence-corrected chi connectivity index (χ1v) is 10.6. The molecule has 0 aliphatic rings. The Hall–Kier alpha value is -4.52. The quantitative estimate of drug-likeness (QED) is 0.396. The van der Waals surface area contributed by atoms with Gasteiger partial charge in [0, 0.05) is 12.1 Å². The van der Waals surface area contributed by atoms with E-state index >= 15 is 0 Å². The second kappa shape index (κ2) is 8.92. The van der Waals surface area contributed by atoms with Crippen molar-refractivity contribution >= 4 is 11.4 Å². The van der Waals surface area contributed by atoms with E-state index in [1.807, 2.05) is 96.4 Å². The molecule has 0 bridgehead atoms. The lowest BCUT2D eigenvalue weighted by molar-refractivity contribution is 0.794. The standard InChI is InChI=1S/C26H22N6O/c1-19(29-22-14-12-20(13-15-22)16-31-17-27-28-18-31)24-25(21-8-4-2-5-9-21)30-32(26(24)33)23-10-6-3-7-11-23/h2-15,17-18,30H,16H2,1H3. The predicted octanol–water partition coefficient (Wildman–Crippen LogP) is 4.61. The first-order valence-electron chi connectivity index (χ1n) is 10.6. The van der Waals surface area contributed by atoms with Gasteiger partial charge >= 0.3 is 0 Å². The van der Waals surface area contributed by atoms with Crippen LogP contribution in [0.15, 0.2) is 107 Å². The van der Waals surface area contributed by atoms with Crippen molar-refractivity contribution in [1.82, 2.24) is 24.5 Å². The molecular formula is C26H22N6O. The van der Waals surface area contributed by atoms with Crippen LogP contribution in [0.1, 0.15) is 18.1 Å². The second-order valence-electron chi connectivity index (χ2n) is 7.70. The van der Waals surface area contributed by atoms with Crippen LogP contribution in [0.5, 0.6) is 0 Å². The summed E-state index contributed by atoms with van der Waals surface area (Å²) in [7, 11) is 0. The fourth-order valence-corrected chi connectivity index (χ4v) is 3.79. The highest BCUT2D eigenvalue weighted by atomic mass is 16.1. The molecule has 0 unspecified atom stereocenters. The van der Waals surface area contributed by atoms with Gasteiger partial charge in [0.15, 0.2) is 0 Å². The van der Waals surface area contributed by atoms with Crippen LogP contribution >= 0.6 is 0 Å². The lowest BCUT2D eigenvalue weighted by atomic mass is 10.1. The van der Waals surface area contributed by atoms with Crippen molar-refractivity contribution in [2.75, 3.05) is 0 Å². The molecule has 0 fully saturated rings. The summed E-state index contributed by atoms with van der Waals surface area (Å²) in [5, 5.41) is 11.0. The van der Waals surface area contributed by atoms with E-state index in [0.717, 1.165) is 28.2 Å². The Kier molecular flexibility index (Phi) is 5.51. The highest BCUT2D eigenvalue weighted by molar-refractivity contribution is 6.04. The van der Waals surface area contributed by atoms with Crippen molar-refractivity contribution in [3.63, 3.8) is 0 Å². The summed E-state index contributed by atoms with van der Waals surface area (Å²) in [6, 6.07) is 27.3. The fraction of sp³-hybridized carbons (Fsp3) is 0.0769. The van der Waals surface area contributed by atoms with Gasteiger partial charge in [0.1, 0.15) is 12.7 Å². The summed E-state index contributed by atoms with van der Waals surface area (Å²) in [6.45, 7) is 2.56. The first kappa shape index (κ1) is 20.4. The summed E-state index contributed by atoms with van der Waals surface area (Å²) in [4.78, 5) is 18.2. The number of rotatable bonds is 6. The van der Waals surface area contributed by atoms with E-state index in [4.69, 9.17) is 4.99 Å². The Morgan fingerprint density at radius 2 is 1.52 bits per heavy atom. The minimum atomic E-state index is -0.134. The molecule has 0 spiro atoms. The molecule has 0 saturated carbocycles. The van der Waals surface area contributed by atoms with Gasteiger partial charge in [0.05, 0.1) is 28.3 Å². The Morgan fingerprint density at radius 1 is 0.879 bits per heavy atom. The third kappa shape index (κ3) is 4.29. The molecule has 2 aromatic heterocycles. The van der Waals surface area contributed by atoms with Crippen molar-refractivity contribution in [1.29, 1.82) is 0 Å². The second-order valence-corrected chi connectivity index (χ2v) is 7.70. The molecule has 0 radical (unpaired) electrons. The first-order chi connectivity index (χ1) is 16.2. The predicted molar refractivity (Wildman–Crippen MR) is 129 cm³/mol. The highest BCUT2D eigenvalue weighted by Gasteiger charge is 2.19. The third-order valence-electron chi connectivity index (χ3n) is 5.39. The summed E-state index contributed by atoms with van der Waals surface area (Å²) in [5.74, 6) is 0. The molecule has 0 atom stereocenters. The van der Waals surface area contributed by atoms with E-state index in [0.29, 0.717) is 17.8 Å². The van der Waals surface area contributed by atoms with Gasteiger partial charge in [-0.15, -0.1) is 10.2 Å². The zero-order valence-corrected chi connectivity index (χ0v) is 18.1. The van der Waals surface area contributed by atoms with Gasteiger partial charge in [-0.3, -0.25) is 14.9 Å². The molecule has 5 rings (SSSR count). The van der Waals surface area contributed by atoms with Gasteiger partial charge in [-0.05, 0) is 36.8 Å². The zero-order valence-electron chi connectivity index (χ0n) is 18.1. The van der Waals surface area contributed by atoms with Crippen LogP contribution in [0.3, 0.4) is 0 Å². The molecule has 0 aliphatic heterocycles. The number of aromatic amines is 1. The smallest absolute Gasteiger partial charge is 0.280 e. The van der Waals surface area contributed by atoms with Crippen molar-refractivity contribution in [3.05, 3.63) is 119 Å². The maximum atomic E-state index is 13.5. The number of hydrogen-bond donors (Lipinski definition) is 1. The summed E-state index contributed by atoms with van der Waals surface area (Å²) >= 11 is 0. The van der Waals surface area contributed by atoms with Crippen LogP contribution in [0.4, 0.5) is 5.69 Å². The van der Waals surface area contributed by atoms with Gasteiger partial charge in [-0.2, -0.15) is 0 Å². The van der Waals surface area contributed by atoms with Gasteiger partial charge in [0.25, 0.3) is 5.56 Å². The number of nitrogens with one attached hydrogen (secondary N) is 1. The molecule has 2 heterocycles. The summed E-state index contributed by atoms with van der Waals surface area (Å²) in [5.41, 5.74) is 5.42. The molecule has 0 saturated heterocycles. The summed E-state index contributed by atoms with van der Waals surface area (Å²) < 4.78 is 3.47. The number of aromatic nitrogens is 5. The van der Waals surface area contributed by atoms with Gasteiger partial charge in [0.2, 0.25) is 0 Å². The number of para-hydroxylation sites is 1. The molecule has 3 aromatic carbocycles. The molecule has 7 heteroatoms. The van der Waals surface area contributed by atoms with Crippen LogP contribution in [0.25, 0.3) is 16.9 Å². The van der Waals surface area contributed by atoms with E-state index in [9.17, 15) is 4.79 Å². The van der Waals surface area contributed by atoms with Gasteiger partial charge in [-0.25, -0.2) is 4.68 Å². The molecule has 0 amide bonds. The van der Waals surface area contributed by atoms with Crippen LogP contribution < -0.4 is 5.56 Å². The van der Waals surface area contributed by atoms with E-state index in [1.54, 1.807) is 17.3 Å². The van der Waals surface area contributed by atoms with Crippen LogP contribution in [0, 0.1) is 0 Å². The van der Waals surface area contributed by atoms with E-state index in [2.05, 4.69) is 15.3 Å². The lowest BCUT2D eigenvalue weighted by Crippen LogP contribution is -2.19. The van der Waals surface area contributed by atoms with Crippen LogP contribution in [-0.2, 0) is 6.54 Å². The molecule has 162 valence electrons. The summed E-state index contributed by atoms with van der Waals surface area (Å²) in [6.07, 6.45) is 3.37. The van der Waals surface area contributed by atoms with E-state index in [-0.39, 0.29) is 5.56 Å². The molecule has 7 nitrogen and oxygen atoms in total. The molecular weight excluding hydrogens is 412 g/mol. The topological polar surface area (TPSA) is 80.9 Å².